The standard InChI is InChI=1S/C13H21NO/c1-9-10(2)15-11(3)13(9)8-14-12-6-4-5-7-12/h12,14H,4-8H2,1-3H3. The molecule has 0 bridgehead atoms. The minimum Gasteiger partial charge on any atom is -0.466 e. The maximum Gasteiger partial charge on any atom is 0.105 e. The topological polar surface area (TPSA) is 25.2 Å². The molecule has 0 atom stereocenters. The van der Waals surface area contributed by atoms with Gasteiger partial charge in [-0.3, -0.25) is 0 Å². The van der Waals surface area contributed by atoms with Crippen LogP contribution in [0.4, 0.5) is 0 Å². The van der Waals surface area contributed by atoms with Gasteiger partial charge >= 0.3 is 0 Å². The van der Waals surface area contributed by atoms with E-state index in [2.05, 4.69) is 19.2 Å². The minimum absolute atomic E-state index is 0.735. The van der Waals surface area contributed by atoms with E-state index in [1.54, 1.807) is 0 Å². The molecule has 0 unspecified atom stereocenters. The molecule has 2 nitrogen and oxygen atoms in total. The van der Waals surface area contributed by atoms with Crippen molar-refractivity contribution in [2.24, 2.45) is 0 Å². The van der Waals surface area contributed by atoms with Crippen molar-refractivity contribution in [2.45, 2.75) is 59.0 Å². The molecule has 84 valence electrons. The summed E-state index contributed by atoms with van der Waals surface area (Å²) >= 11 is 0. The SMILES string of the molecule is Cc1oc(C)c(CNC2CCCC2)c1C. The Kier molecular flexibility index (Phi) is 3.15. The Morgan fingerprint density at radius 3 is 2.33 bits per heavy atom. The van der Waals surface area contributed by atoms with Gasteiger partial charge in [-0.15, -0.1) is 0 Å². The van der Waals surface area contributed by atoms with Crippen LogP contribution >= 0.6 is 0 Å². The molecule has 0 aliphatic heterocycles. The molecular weight excluding hydrogens is 186 g/mol. The minimum atomic E-state index is 0.735. The van der Waals surface area contributed by atoms with Crippen molar-refractivity contribution in [1.82, 2.24) is 5.32 Å². The second-order valence-corrected chi connectivity index (χ2v) is 4.68. The lowest BCUT2D eigenvalue weighted by molar-refractivity contribution is 0.488. The summed E-state index contributed by atoms with van der Waals surface area (Å²) in [6.07, 6.45) is 5.46. The second kappa shape index (κ2) is 4.40. The van der Waals surface area contributed by atoms with Crippen LogP contribution in [0, 0.1) is 20.8 Å². The van der Waals surface area contributed by atoms with E-state index >= 15 is 0 Å². The van der Waals surface area contributed by atoms with Crippen LogP contribution in [0.15, 0.2) is 4.42 Å². The van der Waals surface area contributed by atoms with E-state index in [1.807, 2.05) is 6.92 Å². The lowest BCUT2D eigenvalue weighted by Gasteiger charge is -2.11. The fraction of sp³-hybridized carbons (Fsp3) is 0.692. The average Bonchev–Trinajstić information content (AvgIpc) is 2.76. The molecule has 1 aromatic heterocycles. The van der Waals surface area contributed by atoms with Crippen molar-refractivity contribution in [3.8, 4) is 0 Å². The van der Waals surface area contributed by atoms with Crippen LogP contribution in [-0.4, -0.2) is 6.04 Å². The van der Waals surface area contributed by atoms with Crippen LogP contribution in [0.1, 0.15) is 48.3 Å². The predicted octanol–water partition coefficient (Wildman–Crippen LogP) is 3.24. The molecule has 0 radical (unpaired) electrons. The first-order chi connectivity index (χ1) is 7.18. The Morgan fingerprint density at radius 2 is 1.80 bits per heavy atom. The number of rotatable bonds is 3. The molecular formula is C13H21NO. The normalized spacial score (nSPS) is 17.5. The molecule has 1 aliphatic carbocycles. The van der Waals surface area contributed by atoms with Gasteiger partial charge in [0.1, 0.15) is 11.5 Å². The summed E-state index contributed by atoms with van der Waals surface area (Å²) in [5.74, 6) is 2.14. The van der Waals surface area contributed by atoms with Crippen LogP contribution in [0.5, 0.6) is 0 Å². The Balaban J connectivity index is 1.97. The van der Waals surface area contributed by atoms with Gasteiger partial charge in [0.15, 0.2) is 0 Å². The quantitative estimate of drug-likeness (QED) is 0.823. The van der Waals surface area contributed by atoms with Crippen molar-refractivity contribution in [3.63, 3.8) is 0 Å². The number of nitrogens with one attached hydrogen (secondary N) is 1. The third kappa shape index (κ3) is 2.25. The maximum atomic E-state index is 5.62. The molecule has 1 fully saturated rings. The zero-order chi connectivity index (χ0) is 10.8. The molecule has 15 heavy (non-hydrogen) atoms. The molecule has 0 amide bonds. The van der Waals surface area contributed by atoms with E-state index in [-0.39, 0.29) is 0 Å². The van der Waals surface area contributed by atoms with Crippen molar-refractivity contribution < 1.29 is 4.42 Å². The fourth-order valence-electron chi connectivity index (χ4n) is 2.48. The fourth-order valence-corrected chi connectivity index (χ4v) is 2.48. The maximum absolute atomic E-state index is 5.62. The van der Waals surface area contributed by atoms with Crippen LogP contribution in [-0.2, 0) is 6.54 Å². The predicted molar refractivity (Wildman–Crippen MR) is 62.0 cm³/mol. The molecule has 0 aromatic carbocycles. The van der Waals surface area contributed by atoms with Gasteiger partial charge in [-0.05, 0) is 39.2 Å². The third-order valence-electron chi connectivity index (χ3n) is 3.63. The second-order valence-electron chi connectivity index (χ2n) is 4.68. The Labute approximate surface area is 92.1 Å². The first-order valence-corrected chi connectivity index (χ1v) is 5.97. The Hall–Kier alpha value is -0.760. The van der Waals surface area contributed by atoms with Crippen LogP contribution in [0.2, 0.25) is 0 Å². The highest BCUT2D eigenvalue weighted by atomic mass is 16.3. The largest absolute Gasteiger partial charge is 0.466 e. The summed E-state index contributed by atoms with van der Waals surface area (Å²) in [5.41, 5.74) is 2.68. The van der Waals surface area contributed by atoms with E-state index < -0.39 is 0 Å². The van der Waals surface area contributed by atoms with E-state index in [0.717, 1.165) is 24.1 Å². The highest BCUT2D eigenvalue weighted by Gasteiger charge is 2.16. The summed E-state index contributed by atoms with van der Waals surface area (Å²) in [6.45, 7) is 7.23. The molecule has 0 saturated heterocycles. The van der Waals surface area contributed by atoms with Gasteiger partial charge in [0.05, 0.1) is 0 Å². The van der Waals surface area contributed by atoms with Gasteiger partial charge in [-0.1, -0.05) is 12.8 Å². The molecule has 2 rings (SSSR count). The number of hydrogen-bond acceptors (Lipinski definition) is 2. The van der Waals surface area contributed by atoms with Gasteiger partial charge in [0.25, 0.3) is 0 Å². The lowest BCUT2D eigenvalue weighted by Crippen LogP contribution is -2.25. The number of hydrogen-bond donors (Lipinski definition) is 1. The van der Waals surface area contributed by atoms with E-state index in [9.17, 15) is 0 Å². The molecule has 1 saturated carbocycles. The van der Waals surface area contributed by atoms with E-state index in [0.29, 0.717) is 0 Å². The van der Waals surface area contributed by atoms with Crippen molar-refractivity contribution in [2.75, 3.05) is 0 Å². The smallest absolute Gasteiger partial charge is 0.105 e. The zero-order valence-electron chi connectivity index (χ0n) is 10.0. The van der Waals surface area contributed by atoms with Crippen LogP contribution in [0.3, 0.4) is 0 Å². The molecule has 1 aromatic rings. The Bertz CT molecular complexity index is 335. The van der Waals surface area contributed by atoms with Gasteiger partial charge < -0.3 is 9.73 Å². The molecule has 0 spiro atoms. The summed E-state index contributed by atoms with van der Waals surface area (Å²) in [7, 11) is 0. The highest BCUT2D eigenvalue weighted by molar-refractivity contribution is 5.31. The first-order valence-electron chi connectivity index (χ1n) is 5.97. The summed E-state index contributed by atoms with van der Waals surface area (Å²) in [6, 6.07) is 0.735. The number of aryl methyl sites for hydroxylation is 2. The van der Waals surface area contributed by atoms with E-state index in [1.165, 1.54) is 36.8 Å². The monoisotopic (exact) mass is 207 g/mol. The van der Waals surface area contributed by atoms with Crippen molar-refractivity contribution >= 4 is 0 Å². The Morgan fingerprint density at radius 1 is 1.13 bits per heavy atom. The van der Waals surface area contributed by atoms with Crippen LogP contribution < -0.4 is 5.32 Å². The third-order valence-corrected chi connectivity index (χ3v) is 3.63. The van der Waals surface area contributed by atoms with Crippen LogP contribution in [0.25, 0.3) is 0 Å². The number of furan rings is 1. The average molecular weight is 207 g/mol. The molecule has 1 N–H and O–H groups in total. The van der Waals surface area contributed by atoms with Crippen molar-refractivity contribution in [3.05, 3.63) is 22.6 Å². The highest BCUT2D eigenvalue weighted by Crippen LogP contribution is 2.22. The summed E-state index contributed by atoms with van der Waals surface area (Å²) < 4.78 is 5.62. The van der Waals surface area contributed by atoms with E-state index in [4.69, 9.17) is 4.42 Å². The van der Waals surface area contributed by atoms with Crippen molar-refractivity contribution in [1.29, 1.82) is 0 Å². The summed E-state index contributed by atoms with van der Waals surface area (Å²) in [4.78, 5) is 0. The lowest BCUT2D eigenvalue weighted by atomic mass is 10.1. The van der Waals surface area contributed by atoms with Gasteiger partial charge in [0.2, 0.25) is 0 Å². The molecule has 1 heterocycles. The molecule has 2 heteroatoms. The van der Waals surface area contributed by atoms with Gasteiger partial charge in [0, 0.05) is 18.2 Å². The molecule has 1 aliphatic rings. The first kappa shape index (κ1) is 10.7. The van der Waals surface area contributed by atoms with Gasteiger partial charge in [-0.2, -0.15) is 0 Å². The summed E-state index contributed by atoms with van der Waals surface area (Å²) in [5, 5.41) is 3.63. The zero-order valence-corrected chi connectivity index (χ0v) is 10.0. The van der Waals surface area contributed by atoms with Gasteiger partial charge in [-0.25, -0.2) is 0 Å².